The molecule has 0 amide bonds. The van der Waals surface area contributed by atoms with Crippen molar-refractivity contribution < 1.29 is 36.6 Å². The number of halogens is 6. The van der Waals surface area contributed by atoms with Crippen LogP contribution in [0.15, 0.2) is 48.5 Å². The quantitative estimate of drug-likeness (QED) is 0.316. The van der Waals surface area contributed by atoms with Gasteiger partial charge in [-0.05, 0) is 24.3 Å². The molecule has 0 saturated carbocycles. The van der Waals surface area contributed by atoms with Crippen molar-refractivity contribution in [3.63, 3.8) is 0 Å². The van der Waals surface area contributed by atoms with E-state index in [9.17, 15) is 36.6 Å². The third-order valence-electron chi connectivity index (χ3n) is 7.01. The van der Waals surface area contributed by atoms with Gasteiger partial charge in [-0.3, -0.25) is 9.80 Å². The summed E-state index contributed by atoms with van der Waals surface area (Å²) in [4.78, 5) is 11.2. The second kappa shape index (κ2) is 11.0. The van der Waals surface area contributed by atoms with Crippen molar-refractivity contribution in [3.8, 4) is 0 Å². The lowest BCUT2D eigenvalue weighted by atomic mass is 10.2. The average molecular weight is 571 g/mol. The van der Waals surface area contributed by atoms with Gasteiger partial charge in [0.15, 0.2) is 0 Å². The molecule has 0 aliphatic carbocycles. The van der Waals surface area contributed by atoms with Gasteiger partial charge in [-0.1, -0.05) is 24.3 Å². The molecule has 1 saturated heterocycles. The Morgan fingerprint density at radius 1 is 0.600 bits per heavy atom. The van der Waals surface area contributed by atoms with E-state index in [0.717, 1.165) is 9.13 Å². The summed E-state index contributed by atoms with van der Waals surface area (Å²) in [6.45, 7) is 1.60. The Morgan fingerprint density at radius 3 is 1.30 bits per heavy atom. The Labute approximate surface area is 225 Å². The molecule has 40 heavy (non-hydrogen) atoms. The number of fused-ring (bicyclic) bond motifs is 2. The molecule has 1 aliphatic heterocycles. The smallest absolute Gasteiger partial charge is 0.390 e. The summed E-state index contributed by atoms with van der Waals surface area (Å²) in [7, 11) is 0. The monoisotopic (exact) mass is 570 g/mol. The van der Waals surface area contributed by atoms with E-state index in [-0.39, 0.29) is 48.2 Å². The first-order valence-electron chi connectivity index (χ1n) is 12.8. The van der Waals surface area contributed by atoms with Crippen molar-refractivity contribution in [1.82, 2.24) is 28.9 Å². The second-order valence-corrected chi connectivity index (χ2v) is 9.97. The highest BCUT2D eigenvalue weighted by Crippen LogP contribution is 2.33. The normalized spacial score (nSPS) is 17.6. The Balaban J connectivity index is 1.16. The van der Waals surface area contributed by atoms with Crippen LogP contribution in [0.5, 0.6) is 0 Å². The third-order valence-corrected chi connectivity index (χ3v) is 7.01. The number of hydrogen-bond acceptors (Lipinski definition) is 6. The van der Waals surface area contributed by atoms with Gasteiger partial charge in [-0.2, -0.15) is 26.3 Å². The fourth-order valence-electron chi connectivity index (χ4n) is 5.24. The number of piperazine rings is 1. The largest absolute Gasteiger partial charge is 0.449 e. The fourth-order valence-corrected chi connectivity index (χ4v) is 5.24. The lowest BCUT2D eigenvalue weighted by Gasteiger charge is -2.36. The topological polar surface area (TPSA) is 82.6 Å². The van der Waals surface area contributed by atoms with Crippen LogP contribution in [0.25, 0.3) is 22.1 Å². The molecule has 2 atom stereocenters. The molecule has 216 valence electrons. The maximum absolute atomic E-state index is 13.6. The van der Waals surface area contributed by atoms with Crippen LogP contribution in [0.3, 0.4) is 0 Å². The van der Waals surface area contributed by atoms with E-state index in [0.29, 0.717) is 26.2 Å². The molecule has 2 unspecified atom stereocenters. The van der Waals surface area contributed by atoms with Crippen LogP contribution < -0.4 is 0 Å². The number of nitrogens with zero attached hydrogens (tertiary/aromatic N) is 6. The molecule has 3 heterocycles. The number of hydrogen-bond donors (Lipinski definition) is 2. The molecule has 2 aromatic carbocycles. The van der Waals surface area contributed by atoms with Gasteiger partial charge in [0.1, 0.15) is 0 Å². The Hall–Kier alpha value is -3.20. The van der Waals surface area contributed by atoms with Crippen LogP contribution in [0.4, 0.5) is 26.3 Å². The maximum atomic E-state index is 13.6. The highest BCUT2D eigenvalue weighted by Gasteiger charge is 2.39. The second-order valence-electron chi connectivity index (χ2n) is 9.97. The number of aliphatic hydroxyl groups excluding tert-OH is 2. The molecule has 2 aromatic heterocycles. The number of aromatic nitrogens is 4. The Morgan fingerprint density at radius 2 is 0.950 bits per heavy atom. The van der Waals surface area contributed by atoms with E-state index >= 15 is 0 Å². The minimum atomic E-state index is -4.67. The molecule has 5 rings (SSSR count). The van der Waals surface area contributed by atoms with Crippen molar-refractivity contribution in [2.24, 2.45) is 0 Å². The van der Waals surface area contributed by atoms with Crippen LogP contribution in [0.1, 0.15) is 11.6 Å². The zero-order valence-corrected chi connectivity index (χ0v) is 21.3. The molecular weight excluding hydrogens is 542 g/mol. The van der Waals surface area contributed by atoms with Crippen LogP contribution in [-0.4, -0.2) is 90.6 Å². The van der Waals surface area contributed by atoms with Crippen LogP contribution >= 0.6 is 0 Å². The number of benzene rings is 2. The first-order valence-corrected chi connectivity index (χ1v) is 12.8. The van der Waals surface area contributed by atoms with E-state index in [4.69, 9.17) is 0 Å². The zero-order valence-electron chi connectivity index (χ0n) is 21.3. The van der Waals surface area contributed by atoms with E-state index in [1.165, 1.54) is 24.3 Å². The Kier molecular flexibility index (Phi) is 7.79. The zero-order chi connectivity index (χ0) is 28.7. The van der Waals surface area contributed by atoms with E-state index in [1.807, 2.05) is 9.80 Å². The van der Waals surface area contributed by atoms with Crippen LogP contribution in [0, 0.1) is 0 Å². The number of imidazole rings is 2. The number of β-amino-alcohol motifs (C(OH)–C–C–N with tert-alkyl or cyclic N) is 2. The average Bonchev–Trinajstić information content (AvgIpc) is 3.44. The van der Waals surface area contributed by atoms with Gasteiger partial charge < -0.3 is 19.3 Å². The summed E-state index contributed by atoms with van der Waals surface area (Å²) in [5.41, 5.74) is 0.958. The molecule has 8 nitrogen and oxygen atoms in total. The van der Waals surface area contributed by atoms with E-state index < -0.39 is 36.2 Å². The fraction of sp³-hybridized carbons (Fsp3) is 0.462. The maximum Gasteiger partial charge on any atom is 0.449 e. The lowest BCUT2D eigenvalue weighted by molar-refractivity contribution is -0.148. The molecule has 1 aliphatic rings. The summed E-state index contributed by atoms with van der Waals surface area (Å²) in [5.74, 6) is -2.13. The van der Waals surface area contributed by atoms with Gasteiger partial charge in [-0.25, -0.2) is 9.97 Å². The standard InChI is InChI=1S/C26H28F6N6O2/c27-25(28,29)23-33-19-5-1-3-7-21(19)37(23)15-17(39)13-35-9-11-36(12-10-35)14-18(40)16-38-22-8-4-2-6-20(22)34-24(38)26(30,31)32/h1-8,17-18,39-40H,9-16H2. The van der Waals surface area contributed by atoms with Crippen molar-refractivity contribution in [3.05, 3.63) is 60.2 Å². The van der Waals surface area contributed by atoms with Crippen LogP contribution in [0.2, 0.25) is 0 Å². The molecule has 0 radical (unpaired) electrons. The van der Waals surface area contributed by atoms with Gasteiger partial charge >= 0.3 is 12.4 Å². The minimum absolute atomic E-state index is 0.135. The minimum Gasteiger partial charge on any atom is -0.390 e. The molecule has 1 fully saturated rings. The number of para-hydroxylation sites is 4. The van der Waals surface area contributed by atoms with Gasteiger partial charge in [0.2, 0.25) is 11.6 Å². The number of rotatable bonds is 8. The molecule has 14 heteroatoms. The van der Waals surface area contributed by atoms with Crippen molar-refractivity contribution in [2.75, 3.05) is 39.3 Å². The molecule has 0 spiro atoms. The summed E-state index contributed by atoms with van der Waals surface area (Å²) < 4.78 is 83.3. The highest BCUT2D eigenvalue weighted by atomic mass is 19.4. The number of alkyl halides is 6. The van der Waals surface area contributed by atoms with Crippen molar-refractivity contribution in [1.29, 1.82) is 0 Å². The molecule has 2 N–H and O–H groups in total. The van der Waals surface area contributed by atoms with E-state index in [1.54, 1.807) is 24.3 Å². The van der Waals surface area contributed by atoms with Gasteiger partial charge in [0, 0.05) is 39.3 Å². The highest BCUT2D eigenvalue weighted by molar-refractivity contribution is 5.76. The van der Waals surface area contributed by atoms with Gasteiger partial charge in [0.25, 0.3) is 0 Å². The van der Waals surface area contributed by atoms with Crippen molar-refractivity contribution >= 4 is 22.1 Å². The van der Waals surface area contributed by atoms with Crippen molar-refractivity contribution in [2.45, 2.75) is 37.7 Å². The molecule has 0 bridgehead atoms. The van der Waals surface area contributed by atoms with E-state index in [2.05, 4.69) is 9.97 Å². The Bertz CT molecular complexity index is 1350. The summed E-state index contributed by atoms with van der Waals surface area (Å²) in [6.07, 6.45) is -11.5. The summed E-state index contributed by atoms with van der Waals surface area (Å²) in [6, 6.07) is 12.4. The van der Waals surface area contributed by atoms with Gasteiger partial charge in [0.05, 0.1) is 47.4 Å². The SMILES string of the molecule is OC(CN1CCN(CC(O)Cn2c(C(F)(F)F)nc3ccccc32)CC1)Cn1c(C(F)(F)F)nc2ccccc21. The third kappa shape index (κ3) is 6.09. The first kappa shape index (κ1) is 28.3. The molecular formula is C26H28F6N6O2. The number of aliphatic hydroxyl groups is 2. The molecule has 4 aromatic rings. The predicted molar refractivity (Wildman–Crippen MR) is 134 cm³/mol. The predicted octanol–water partition coefficient (Wildman–Crippen LogP) is 3.46. The summed E-state index contributed by atoms with van der Waals surface area (Å²) in [5, 5.41) is 21.3. The van der Waals surface area contributed by atoms with Crippen LogP contribution in [-0.2, 0) is 25.4 Å². The lowest BCUT2D eigenvalue weighted by Crippen LogP contribution is -2.51. The van der Waals surface area contributed by atoms with Gasteiger partial charge in [-0.15, -0.1) is 0 Å². The first-order chi connectivity index (χ1) is 18.9. The summed E-state index contributed by atoms with van der Waals surface area (Å²) >= 11 is 0.